The molecule has 1 fully saturated rings. The van der Waals surface area contributed by atoms with Crippen LogP contribution in [0, 0.1) is 15.5 Å². The monoisotopic (exact) mass is 432 g/mol. The molecule has 0 aliphatic heterocycles. The molecule has 0 heterocycles. The maximum Gasteiger partial charge on any atom is 0.307 e. The van der Waals surface area contributed by atoms with E-state index >= 15 is 0 Å². The van der Waals surface area contributed by atoms with E-state index in [2.05, 4.69) is 4.72 Å². The van der Waals surface area contributed by atoms with Gasteiger partial charge in [0.2, 0.25) is 10.0 Å². The van der Waals surface area contributed by atoms with Crippen LogP contribution in [0.1, 0.15) is 36.8 Å². The minimum absolute atomic E-state index is 0.0333. The van der Waals surface area contributed by atoms with Crippen LogP contribution in [0.3, 0.4) is 0 Å². The van der Waals surface area contributed by atoms with Gasteiger partial charge in [-0.15, -0.1) is 0 Å². The van der Waals surface area contributed by atoms with Crippen LogP contribution in [0.25, 0.3) is 0 Å². The number of carboxylic acid groups (broad SMARTS) is 1. The van der Waals surface area contributed by atoms with Gasteiger partial charge in [-0.2, -0.15) is 0 Å². The highest BCUT2D eigenvalue weighted by molar-refractivity contribution is 7.89. The Kier molecular flexibility index (Phi) is 6.52. The lowest BCUT2D eigenvalue weighted by Gasteiger charge is -2.29. The number of carboxylic acids is 1. The zero-order chi connectivity index (χ0) is 21.8. The van der Waals surface area contributed by atoms with E-state index in [1.54, 1.807) is 12.1 Å². The first-order valence-corrected chi connectivity index (χ1v) is 11.2. The Morgan fingerprint density at radius 2 is 1.73 bits per heavy atom. The molecule has 0 atom stereocenters. The molecule has 8 nitrogen and oxygen atoms in total. The quantitative estimate of drug-likeness (QED) is 0.462. The molecule has 1 aliphatic rings. The normalized spacial score (nSPS) is 15.7. The molecule has 0 aromatic heterocycles. The maximum atomic E-state index is 12.7. The highest BCUT2D eigenvalue weighted by atomic mass is 32.2. The summed E-state index contributed by atoms with van der Waals surface area (Å²) in [5, 5.41) is 19.8. The summed E-state index contributed by atoms with van der Waals surface area (Å²) in [5.41, 5.74) is 1.25. The molecule has 0 saturated heterocycles. The van der Waals surface area contributed by atoms with Crippen LogP contribution in [-0.2, 0) is 27.7 Å². The zero-order valence-electron chi connectivity index (χ0n) is 16.4. The Morgan fingerprint density at radius 3 is 2.33 bits per heavy atom. The molecule has 1 saturated carbocycles. The van der Waals surface area contributed by atoms with Crippen molar-refractivity contribution in [2.24, 2.45) is 5.41 Å². The average Bonchev–Trinajstić information content (AvgIpc) is 3.17. The Hall–Kier alpha value is -2.78. The van der Waals surface area contributed by atoms with Crippen molar-refractivity contribution in [1.29, 1.82) is 0 Å². The van der Waals surface area contributed by atoms with Gasteiger partial charge >= 0.3 is 5.97 Å². The first kappa shape index (κ1) is 21.9. The summed E-state index contributed by atoms with van der Waals surface area (Å²) in [4.78, 5) is 21.0. The minimum Gasteiger partial charge on any atom is -0.481 e. The Bertz CT molecular complexity index is 1030. The van der Waals surface area contributed by atoms with Crippen LogP contribution in [-0.4, -0.2) is 31.0 Å². The predicted molar refractivity (Wildman–Crippen MR) is 111 cm³/mol. The highest BCUT2D eigenvalue weighted by Crippen LogP contribution is 2.41. The molecule has 3 rings (SSSR count). The smallest absolute Gasteiger partial charge is 0.307 e. The molecular formula is C21H24N2O6S. The number of nitro benzene ring substituents is 1. The predicted octanol–water partition coefficient (Wildman–Crippen LogP) is 3.30. The molecule has 0 amide bonds. The number of rotatable bonds is 9. The lowest BCUT2D eigenvalue weighted by atomic mass is 9.80. The van der Waals surface area contributed by atoms with Crippen LogP contribution >= 0.6 is 0 Å². The van der Waals surface area contributed by atoms with E-state index in [1.165, 1.54) is 18.2 Å². The fourth-order valence-electron chi connectivity index (χ4n) is 4.02. The molecule has 2 aromatic rings. The van der Waals surface area contributed by atoms with Crippen molar-refractivity contribution in [3.63, 3.8) is 0 Å². The third-order valence-corrected chi connectivity index (χ3v) is 7.00. The summed E-state index contributed by atoms with van der Waals surface area (Å²) in [6.07, 6.45) is 4.42. The first-order chi connectivity index (χ1) is 14.2. The number of nitrogens with zero attached hydrogens (tertiary/aromatic N) is 1. The number of hydrogen-bond donors (Lipinski definition) is 2. The number of nitrogens with one attached hydrogen (secondary N) is 1. The van der Waals surface area contributed by atoms with E-state index in [0.29, 0.717) is 6.42 Å². The fraction of sp³-hybridized carbons (Fsp3) is 0.381. The van der Waals surface area contributed by atoms with E-state index in [4.69, 9.17) is 5.11 Å². The third kappa shape index (κ3) is 5.43. The summed E-state index contributed by atoms with van der Waals surface area (Å²) in [6.45, 7) is 0.245. The molecule has 30 heavy (non-hydrogen) atoms. The Balaban J connectivity index is 1.73. The molecule has 0 spiro atoms. The van der Waals surface area contributed by atoms with Crippen LogP contribution in [0.4, 0.5) is 5.69 Å². The van der Waals surface area contributed by atoms with E-state index in [1.807, 2.05) is 12.1 Å². The SMILES string of the molecule is O=C(O)Cc1ccc(CC2(CNS(=O)(=O)c3cccc([N+](=O)[O-])c3)CCCC2)cc1. The summed E-state index contributed by atoms with van der Waals surface area (Å²) >= 11 is 0. The number of hydrogen-bond acceptors (Lipinski definition) is 5. The second-order valence-corrected chi connectivity index (χ2v) is 9.62. The van der Waals surface area contributed by atoms with Crippen molar-refractivity contribution in [1.82, 2.24) is 4.72 Å². The van der Waals surface area contributed by atoms with Crippen LogP contribution in [0.15, 0.2) is 53.4 Å². The molecular weight excluding hydrogens is 408 g/mol. The van der Waals surface area contributed by atoms with E-state index in [-0.39, 0.29) is 29.0 Å². The van der Waals surface area contributed by atoms with Crippen LogP contribution in [0.5, 0.6) is 0 Å². The van der Waals surface area contributed by atoms with Crippen LogP contribution in [0.2, 0.25) is 0 Å². The number of aliphatic carboxylic acids is 1. The molecule has 2 aromatic carbocycles. The molecule has 0 bridgehead atoms. The molecule has 0 radical (unpaired) electrons. The summed E-state index contributed by atoms with van der Waals surface area (Å²) < 4.78 is 28.1. The fourth-order valence-corrected chi connectivity index (χ4v) is 5.22. The molecule has 0 unspecified atom stereocenters. The van der Waals surface area contributed by atoms with Gasteiger partial charge in [0, 0.05) is 18.7 Å². The van der Waals surface area contributed by atoms with Crippen molar-refractivity contribution in [2.75, 3.05) is 6.54 Å². The van der Waals surface area contributed by atoms with Crippen molar-refractivity contribution < 1.29 is 23.2 Å². The lowest BCUT2D eigenvalue weighted by Crippen LogP contribution is -2.37. The lowest BCUT2D eigenvalue weighted by molar-refractivity contribution is -0.385. The van der Waals surface area contributed by atoms with Gasteiger partial charge in [0.15, 0.2) is 0 Å². The number of sulfonamides is 1. The van der Waals surface area contributed by atoms with Gasteiger partial charge in [0.25, 0.3) is 5.69 Å². The number of nitro groups is 1. The van der Waals surface area contributed by atoms with Crippen LogP contribution < -0.4 is 4.72 Å². The van der Waals surface area contributed by atoms with E-state index < -0.39 is 20.9 Å². The topological polar surface area (TPSA) is 127 Å². The molecule has 9 heteroatoms. The minimum atomic E-state index is -3.87. The number of non-ortho nitro benzene ring substituents is 1. The Morgan fingerprint density at radius 1 is 1.10 bits per heavy atom. The average molecular weight is 432 g/mol. The van der Waals surface area contributed by atoms with Crippen molar-refractivity contribution in [3.8, 4) is 0 Å². The summed E-state index contributed by atoms with van der Waals surface area (Å²) in [7, 11) is -3.87. The molecule has 1 aliphatic carbocycles. The van der Waals surface area contributed by atoms with Gasteiger partial charge in [-0.1, -0.05) is 43.2 Å². The van der Waals surface area contributed by atoms with E-state index in [9.17, 15) is 23.3 Å². The Labute approximate surface area is 175 Å². The van der Waals surface area contributed by atoms with Gasteiger partial charge < -0.3 is 5.11 Å². The summed E-state index contributed by atoms with van der Waals surface area (Å²) in [5.74, 6) is -0.884. The van der Waals surface area contributed by atoms with Gasteiger partial charge in [0.1, 0.15) is 0 Å². The second kappa shape index (κ2) is 8.93. The second-order valence-electron chi connectivity index (χ2n) is 7.85. The molecule has 2 N–H and O–H groups in total. The third-order valence-electron chi connectivity index (χ3n) is 5.60. The van der Waals surface area contributed by atoms with E-state index in [0.717, 1.165) is 42.9 Å². The van der Waals surface area contributed by atoms with Gasteiger partial charge in [0.05, 0.1) is 16.2 Å². The standard InChI is InChI=1S/C21H24N2O6S/c24-20(25)12-16-6-8-17(9-7-16)14-21(10-1-2-11-21)15-22-30(28,29)19-5-3-4-18(13-19)23(26)27/h3-9,13,22H,1-2,10-12,14-15H2,(H,24,25). The highest BCUT2D eigenvalue weighted by Gasteiger charge is 2.35. The van der Waals surface area contributed by atoms with Gasteiger partial charge in [-0.05, 0) is 41.9 Å². The van der Waals surface area contributed by atoms with Crippen molar-refractivity contribution in [2.45, 2.75) is 43.4 Å². The first-order valence-electron chi connectivity index (χ1n) is 9.73. The number of carbonyl (C=O) groups is 1. The van der Waals surface area contributed by atoms with Gasteiger partial charge in [-0.3, -0.25) is 14.9 Å². The summed E-state index contributed by atoms with van der Waals surface area (Å²) in [6, 6.07) is 12.4. The van der Waals surface area contributed by atoms with Crippen molar-refractivity contribution >= 4 is 21.7 Å². The number of benzene rings is 2. The van der Waals surface area contributed by atoms with Gasteiger partial charge in [-0.25, -0.2) is 13.1 Å². The largest absolute Gasteiger partial charge is 0.481 e. The van der Waals surface area contributed by atoms with Crippen molar-refractivity contribution in [3.05, 3.63) is 69.8 Å². The molecule has 160 valence electrons. The maximum absolute atomic E-state index is 12.7. The zero-order valence-corrected chi connectivity index (χ0v) is 17.2.